The van der Waals surface area contributed by atoms with Crippen LogP contribution in [0.4, 0.5) is 21.9 Å². The molecule has 2 N–H and O–H groups in total. The second-order valence-corrected chi connectivity index (χ2v) is 9.73. The number of urea groups is 1. The summed E-state index contributed by atoms with van der Waals surface area (Å²) in [7, 11) is 13.4. The molecule has 0 atom stereocenters. The van der Waals surface area contributed by atoms with E-state index >= 15 is 0 Å². The second-order valence-electron chi connectivity index (χ2n) is 8.81. The van der Waals surface area contributed by atoms with Gasteiger partial charge in [0, 0.05) is 16.2 Å². The number of nitrogens with one attached hydrogen (secondary N) is 2. The van der Waals surface area contributed by atoms with E-state index in [1.54, 1.807) is 0 Å². The quantitative estimate of drug-likeness (QED) is 0.487. The Bertz CT molecular complexity index is 896. The number of amides is 2. The van der Waals surface area contributed by atoms with Crippen LogP contribution in [0.1, 0.15) is 51.5 Å². The molecular formula is C24H30B2BrN3O. The zero-order valence-corrected chi connectivity index (χ0v) is 20.2. The van der Waals surface area contributed by atoms with Crippen LogP contribution in [-0.4, -0.2) is 33.1 Å². The Hall–Kier alpha value is -1.88. The lowest BCUT2D eigenvalue weighted by Gasteiger charge is -2.51. The highest BCUT2D eigenvalue weighted by Gasteiger charge is 2.36. The third-order valence-electron chi connectivity index (χ3n) is 6.06. The van der Waals surface area contributed by atoms with E-state index in [4.69, 9.17) is 15.7 Å². The molecule has 2 aromatic carbocycles. The summed E-state index contributed by atoms with van der Waals surface area (Å²) >= 11 is 3.53. The van der Waals surface area contributed by atoms with Crippen LogP contribution < -0.4 is 15.5 Å². The van der Waals surface area contributed by atoms with Crippen molar-refractivity contribution in [2.75, 3.05) is 15.5 Å². The Morgan fingerprint density at radius 2 is 1.71 bits per heavy atom. The predicted octanol–water partition coefficient (Wildman–Crippen LogP) is 6.19. The highest BCUT2D eigenvalue weighted by molar-refractivity contribution is 9.10. The molecule has 0 aromatic heterocycles. The van der Waals surface area contributed by atoms with E-state index in [2.05, 4.69) is 31.5 Å². The van der Waals surface area contributed by atoms with Crippen molar-refractivity contribution in [3.05, 3.63) is 52.5 Å². The first-order valence-electron chi connectivity index (χ1n) is 11.0. The number of anilines is 3. The van der Waals surface area contributed by atoms with Crippen LogP contribution in [-0.2, 0) is 0 Å². The third-order valence-corrected chi connectivity index (χ3v) is 6.55. The zero-order valence-electron chi connectivity index (χ0n) is 18.6. The summed E-state index contributed by atoms with van der Waals surface area (Å²) in [6.07, 6.45) is 5.62. The minimum atomic E-state index is -1.04. The molecule has 4 radical (unpaired) electrons. The number of nitrogens with zero attached hydrogens (tertiary/aromatic N) is 1. The molecule has 0 bridgehead atoms. The van der Waals surface area contributed by atoms with Gasteiger partial charge in [0.1, 0.15) is 0 Å². The number of benzene rings is 2. The molecular weight excluding hydrogens is 448 g/mol. The van der Waals surface area contributed by atoms with Gasteiger partial charge in [-0.05, 0) is 61.4 Å². The summed E-state index contributed by atoms with van der Waals surface area (Å²) in [5.74, 6) is 0.0207. The van der Waals surface area contributed by atoms with Gasteiger partial charge < -0.3 is 15.5 Å². The lowest BCUT2D eigenvalue weighted by molar-refractivity contribution is 0.262. The summed E-state index contributed by atoms with van der Waals surface area (Å²) in [5.41, 5.74) is 3.38. The number of aryl methyl sites for hydroxylation is 1. The molecule has 1 fully saturated rings. The molecule has 1 aliphatic rings. The third kappa shape index (κ3) is 5.88. The normalized spacial score (nSPS) is 15.0. The van der Waals surface area contributed by atoms with Crippen LogP contribution in [0.2, 0.25) is 0 Å². The van der Waals surface area contributed by atoms with Crippen LogP contribution in [0, 0.1) is 12.8 Å². The van der Waals surface area contributed by atoms with Crippen molar-refractivity contribution in [1.29, 1.82) is 0 Å². The number of hydrogen-bond acceptors (Lipinski definition) is 2. The van der Waals surface area contributed by atoms with Gasteiger partial charge in [-0.2, -0.15) is 0 Å². The van der Waals surface area contributed by atoms with Gasteiger partial charge in [0.15, 0.2) is 0 Å². The number of carbonyl (C=O) groups excluding carboxylic acids is 1. The lowest BCUT2D eigenvalue weighted by atomic mass is 9.54. The molecule has 7 heteroatoms. The molecule has 0 spiro atoms. The fourth-order valence-corrected chi connectivity index (χ4v) is 4.44. The van der Waals surface area contributed by atoms with Gasteiger partial charge in [0.2, 0.25) is 0 Å². The maximum atomic E-state index is 12.8. The number of carbonyl (C=O) groups is 1. The number of rotatable bonds is 6. The van der Waals surface area contributed by atoms with Gasteiger partial charge in [-0.1, -0.05) is 66.7 Å². The summed E-state index contributed by atoms with van der Waals surface area (Å²) < 4.78 is 0.870. The van der Waals surface area contributed by atoms with Gasteiger partial charge in [0.05, 0.1) is 27.1 Å². The molecule has 0 saturated heterocycles. The molecule has 160 valence electrons. The minimum Gasteiger partial charge on any atom is -0.378 e. The van der Waals surface area contributed by atoms with E-state index in [1.807, 2.05) is 63.2 Å². The molecule has 0 unspecified atom stereocenters. The van der Waals surface area contributed by atoms with Crippen molar-refractivity contribution in [1.82, 2.24) is 0 Å². The molecule has 2 amide bonds. The van der Waals surface area contributed by atoms with Crippen molar-refractivity contribution >= 4 is 54.7 Å². The maximum Gasteiger partial charge on any atom is 0.323 e. The van der Waals surface area contributed by atoms with Gasteiger partial charge in [-0.15, -0.1) is 0 Å². The molecule has 31 heavy (non-hydrogen) atoms. The van der Waals surface area contributed by atoms with Crippen molar-refractivity contribution < 1.29 is 4.79 Å². The second kappa shape index (κ2) is 10.2. The molecule has 2 aromatic rings. The maximum absolute atomic E-state index is 12.8. The summed E-state index contributed by atoms with van der Waals surface area (Å²) in [4.78, 5) is 14.9. The molecule has 4 nitrogen and oxygen atoms in total. The number of halogens is 1. The number of hydrogen-bond donors (Lipinski definition) is 2. The van der Waals surface area contributed by atoms with Gasteiger partial charge in [-0.25, -0.2) is 4.79 Å². The smallest absolute Gasteiger partial charge is 0.323 e. The fraction of sp³-hybridized carbons (Fsp3) is 0.458. The Labute approximate surface area is 197 Å². The fourth-order valence-electron chi connectivity index (χ4n) is 4.08. The molecule has 1 saturated carbocycles. The van der Waals surface area contributed by atoms with E-state index in [1.165, 1.54) is 6.42 Å². The van der Waals surface area contributed by atoms with E-state index in [0.717, 1.165) is 47.1 Å². The van der Waals surface area contributed by atoms with Crippen molar-refractivity contribution in [2.24, 2.45) is 5.92 Å². The average molecular weight is 478 g/mol. The van der Waals surface area contributed by atoms with Crippen LogP contribution >= 0.6 is 15.9 Å². The van der Waals surface area contributed by atoms with Crippen LogP contribution in [0.5, 0.6) is 0 Å². The van der Waals surface area contributed by atoms with Gasteiger partial charge in [0.25, 0.3) is 0 Å². The van der Waals surface area contributed by atoms with Gasteiger partial charge in [-0.3, -0.25) is 0 Å². The van der Waals surface area contributed by atoms with E-state index < -0.39 is 5.34 Å². The molecule has 0 heterocycles. The Morgan fingerprint density at radius 1 is 1.06 bits per heavy atom. The largest absolute Gasteiger partial charge is 0.378 e. The Kier molecular flexibility index (Phi) is 7.79. The summed E-state index contributed by atoms with van der Waals surface area (Å²) in [6, 6.07) is 13.5. The van der Waals surface area contributed by atoms with Crippen molar-refractivity contribution in [2.45, 2.75) is 64.3 Å². The first-order chi connectivity index (χ1) is 14.7. The summed E-state index contributed by atoms with van der Waals surface area (Å²) in [6.45, 7) is 6.08. The van der Waals surface area contributed by atoms with Crippen LogP contribution in [0.15, 0.2) is 46.9 Å². The zero-order chi connectivity index (χ0) is 22.6. The highest BCUT2D eigenvalue weighted by Crippen LogP contribution is 2.39. The van der Waals surface area contributed by atoms with Crippen molar-refractivity contribution in [3.63, 3.8) is 0 Å². The minimum absolute atomic E-state index is 0.0207. The van der Waals surface area contributed by atoms with E-state index in [-0.39, 0.29) is 18.0 Å². The Morgan fingerprint density at radius 3 is 2.32 bits per heavy atom. The van der Waals surface area contributed by atoms with Crippen LogP contribution in [0.3, 0.4) is 0 Å². The first kappa shape index (κ1) is 23.8. The molecule has 3 rings (SSSR count). The lowest BCUT2D eigenvalue weighted by Crippen LogP contribution is -2.59. The summed E-state index contributed by atoms with van der Waals surface area (Å²) in [5, 5.41) is 4.87. The molecule has 1 aliphatic carbocycles. The SMILES string of the molecule is [B]C([B])(C(C)C)N(c1ccc(Br)cc1NC(=O)Nc1ccc(C)cc1)C1CCCCC1. The molecule has 0 aliphatic heterocycles. The topological polar surface area (TPSA) is 44.4 Å². The Balaban J connectivity index is 1.93. The monoisotopic (exact) mass is 477 g/mol. The van der Waals surface area contributed by atoms with Gasteiger partial charge >= 0.3 is 6.03 Å². The van der Waals surface area contributed by atoms with E-state index in [0.29, 0.717) is 5.69 Å². The standard InChI is InChI=1S/C24H30B2BrN3O/c1-16(2)24(25,26)30(20-7-5-4-6-8-20)22-14-11-18(27)15-21(22)29-23(31)28-19-12-9-17(3)10-13-19/h9-16,20H,4-8H2,1-3H3,(H2,28,29,31). The van der Waals surface area contributed by atoms with Crippen molar-refractivity contribution in [3.8, 4) is 0 Å². The van der Waals surface area contributed by atoms with E-state index in [9.17, 15) is 4.79 Å². The van der Waals surface area contributed by atoms with Crippen LogP contribution in [0.25, 0.3) is 0 Å². The predicted molar refractivity (Wildman–Crippen MR) is 136 cm³/mol. The highest BCUT2D eigenvalue weighted by atomic mass is 79.9. The first-order valence-corrected chi connectivity index (χ1v) is 11.8. The average Bonchev–Trinajstić information content (AvgIpc) is 2.72.